The van der Waals surface area contributed by atoms with Crippen molar-refractivity contribution in [2.24, 2.45) is 0 Å². The number of aromatic carboxylic acids is 1. The number of hydrogen-bond acceptors (Lipinski definition) is 4. The van der Waals surface area contributed by atoms with Crippen LogP contribution < -0.4 is 4.74 Å². The van der Waals surface area contributed by atoms with Crippen molar-refractivity contribution in [3.8, 4) is 22.9 Å². The molecular weight excluding hydrogens is 284 g/mol. The van der Waals surface area contributed by atoms with Gasteiger partial charge in [-0.05, 0) is 24.3 Å². The van der Waals surface area contributed by atoms with E-state index in [2.05, 4.69) is 5.10 Å². The normalized spacial score (nSPS) is 10.4. The van der Waals surface area contributed by atoms with E-state index in [-0.39, 0.29) is 17.2 Å². The first-order valence-corrected chi connectivity index (χ1v) is 6.49. The Labute approximate surface area is 125 Å². The van der Waals surface area contributed by atoms with Crippen LogP contribution in [0.1, 0.15) is 10.5 Å². The number of benzene rings is 2. The number of para-hydroxylation sites is 1. The Hall–Kier alpha value is -3.28. The Morgan fingerprint density at radius 3 is 2.55 bits per heavy atom. The average molecular weight is 296 g/mol. The highest BCUT2D eigenvalue weighted by Gasteiger charge is 2.21. The highest BCUT2D eigenvalue weighted by atomic mass is 16.5. The molecule has 2 N–H and O–H groups in total. The first-order chi connectivity index (χ1) is 10.6. The summed E-state index contributed by atoms with van der Waals surface area (Å²) in [5.41, 5.74) is 0.315. The molecule has 0 aliphatic carbocycles. The number of nitrogens with zero attached hydrogens (tertiary/aromatic N) is 2. The van der Waals surface area contributed by atoms with Crippen molar-refractivity contribution in [1.29, 1.82) is 0 Å². The van der Waals surface area contributed by atoms with Gasteiger partial charge in [0.2, 0.25) is 0 Å². The fraction of sp³-hybridized carbons (Fsp3) is 0. The molecule has 0 aliphatic rings. The molecule has 0 amide bonds. The van der Waals surface area contributed by atoms with Gasteiger partial charge in [0.15, 0.2) is 11.4 Å². The van der Waals surface area contributed by atoms with Gasteiger partial charge in [0.25, 0.3) is 0 Å². The topological polar surface area (TPSA) is 84.6 Å². The summed E-state index contributed by atoms with van der Waals surface area (Å²) >= 11 is 0. The lowest BCUT2D eigenvalue weighted by molar-refractivity contribution is 0.0684. The van der Waals surface area contributed by atoms with Crippen LogP contribution in [-0.4, -0.2) is 26.0 Å². The summed E-state index contributed by atoms with van der Waals surface area (Å²) in [5, 5.41) is 23.0. The molecule has 0 spiro atoms. The molecule has 110 valence electrons. The molecule has 1 heterocycles. The van der Waals surface area contributed by atoms with Crippen LogP contribution in [0.5, 0.6) is 17.2 Å². The summed E-state index contributed by atoms with van der Waals surface area (Å²) in [4.78, 5) is 11.5. The predicted octanol–water partition coefficient (Wildman–Crippen LogP) is 3.07. The standard InChI is InChI=1S/C16H12N2O4/c19-12-6-4-5-11(9-12)18-15(16(20)21)14(10-17-18)22-13-7-2-1-3-8-13/h1-10,19H,(H,20,21). The molecule has 0 bridgehead atoms. The third-order valence-corrected chi connectivity index (χ3v) is 2.98. The number of aromatic hydroxyl groups is 1. The maximum atomic E-state index is 11.5. The molecule has 0 aliphatic heterocycles. The Bertz CT molecular complexity index is 812. The van der Waals surface area contributed by atoms with Gasteiger partial charge in [-0.2, -0.15) is 5.10 Å². The van der Waals surface area contributed by atoms with Gasteiger partial charge in [-0.3, -0.25) is 0 Å². The minimum Gasteiger partial charge on any atom is -0.508 e. The summed E-state index contributed by atoms with van der Waals surface area (Å²) in [5.74, 6) is -0.510. The van der Waals surface area contributed by atoms with Crippen LogP contribution in [0.3, 0.4) is 0 Å². The fourth-order valence-electron chi connectivity index (χ4n) is 2.04. The van der Waals surface area contributed by atoms with Crippen LogP contribution in [0, 0.1) is 0 Å². The van der Waals surface area contributed by atoms with Gasteiger partial charge < -0.3 is 14.9 Å². The zero-order chi connectivity index (χ0) is 15.5. The minimum absolute atomic E-state index is 0.0230. The summed E-state index contributed by atoms with van der Waals surface area (Å²) in [6, 6.07) is 15.0. The van der Waals surface area contributed by atoms with Crippen LogP contribution in [0.4, 0.5) is 0 Å². The van der Waals surface area contributed by atoms with E-state index in [1.807, 2.05) is 6.07 Å². The second kappa shape index (κ2) is 5.61. The molecule has 0 radical (unpaired) electrons. The van der Waals surface area contributed by atoms with Gasteiger partial charge in [-0.1, -0.05) is 24.3 Å². The highest BCUT2D eigenvalue weighted by Crippen LogP contribution is 2.27. The summed E-state index contributed by atoms with van der Waals surface area (Å²) < 4.78 is 6.79. The predicted molar refractivity (Wildman–Crippen MR) is 78.7 cm³/mol. The number of hydrogen-bond donors (Lipinski definition) is 2. The Morgan fingerprint density at radius 2 is 1.86 bits per heavy atom. The number of aromatic nitrogens is 2. The zero-order valence-corrected chi connectivity index (χ0v) is 11.4. The molecule has 6 heteroatoms. The van der Waals surface area contributed by atoms with E-state index in [1.54, 1.807) is 36.4 Å². The first kappa shape index (κ1) is 13.7. The molecule has 0 saturated carbocycles. The van der Waals surface area contributed by atoms with E-state index in [0.717, 1.165) is 0 Å². The summed E-state index contributed by atoms with van der Waals surface area (Å²) in [6.45, 7) is 0. The quantitative estimate of drug-likeness (QED) is 0.773. The SMILES string of the molecule is O=C(O)c1c(Oc2ccccc2)cnn1-c1cccc(O)c1. The third kappa shape index (κ3) is 2.62. The molecular formula is C16H12N2O4. The number of phenolic OH excluding ortho intramolecular Hbond substituents is 1. The summed E-state index contributed by atoms with van der Waals surface area (Å²) in [7, 11) is 0. The first-order valence-electron chi connectivity index (χ1n) is 6.49. The number of ether oxygens (including phenoxy) is 1. The second-order valence-corrected chi connectivity index (χ2v) is 4.51. The number of carboxylic acid groups (broad SMARTS) is 1. The van der Waals surface area contributed by atoms with Gasteiger partial charge in [0.05, 0.1) is 11.9 Å². The average Bonchev–Trinajstić information content (AvgIpc) is 2.92. The maximum Gasteiger partial charge on any atom is 0.358 e. The molecule has 6 nitrogen and oxygen atoms in total. The van der Waals surface area contributed by atoms with Crippen molar-refractivity contribution in [2.45, 2.75) is 0 Å². The highest BCUT2D eigenvalue weighted by molar-refractivity contribution is 5.89. The lowest BCUT2D eigenvalue weighted by Gasteiger charge is -2.07. The molecule has 3 rings (SSSR count). The van der Waals surface area contributed by atoms with Gasteiger partial charge in [-0.25, -0.2) is 9.48 Å². The third-order valence-electron chi connectivity index (χ3n) is 2.98. The molecule has 1 aromatic heterocycles. The maximum absolute atomic E-state index is 11.5. The van der Waals surface area contributed by atoms with Crippen molar-refractivity contribution in [3.63, 3.8) is 0 Å². The van der Waals surface area contributed by atoms with Gasteiger partial charge >= 0.3 is 5.97 Å². The number of rotatable bonds is 4. The van der Waals surface area contributed by atoms with E-state index >= 15 is 0 Å². The van der Waals surface area contributed by atoms with Crippen molar-refractivity contribution in [3.05, 3.63) is 66.5 Å². The molecule has 0 unspecified atom stereocenters. The second-order valence-electron chi connectivity index (χ2n) is 4.51. The smallest absolute Gasteiger partial charge is 0.358 e. The number of carboxylic acids is 1. The molecule has 2 aromatic carbocycles. The van der Waals surface area contributed by atoms with Crippen LogP contribution in [0.25, 0.3) is 5.69 Å². The summed E-state index contributed by atoms with van der Waals surface area (Å²) in [6.07, 6.45) is 1.33. The minimum atomic E-state index is -1.17. The molecule has 22 heavy (non-hydrogen) atoms. The Kier molecular flexibility index (Phi) is 3.49. The van der Waals surface area contributed by atoms with E-state index in [0.29, 0.717) is 11.4 Å². The Morgan fingerprint density at radius 1 is 1.09 bits per heavy atom. The van der Waals surface area contributed by atoms with E-state index < -0.39 is 5.97 Å². The largest absolute Gasteiger partial charge is 0.508 e. The Balaban J connectivity index is 2.04. The van der Waals surface area contributed by atoms with Gasteiger partial charge in [-0.15, -0.1) is 0 Å². The van der Waals surface area contributed by atoms with Crippen molar-refractivity contribution in [2.75, 3.05) is 0 Å². The monoisotopic (exact) mass is 296 g/mol. The lowest BCUT2D eigenvalue weighted by atomic mass is 10.3. The number of carbonyl (C=O) groups is 1. The van der Waals surface area contributed by atoms with E-state index in [1.165, 1.54) is 23.0 Å². The van der Waals surface area contributed by atoms with Crippen LogP contribution >= 0.6 is 0 Å². The molecule has 0 fully saturated rings. The van der Waals surface area contributed by atoms with Crippen LogP contribution in [0.15, 0.2) is 60.8 Å². The van der Waals surface area contributed by atoms with Crippen molar-refractivity contribution >= 4 is 5.97 Å². The fourth-order valence-corrected chi connectivity index (χ4v) is 2.04. The van der Waals surface area contributed by atoms with Gasteiger partial charge in [0, 0.05) is 6.07 Å². The van der Waals surface area contributed by atoms with Crippen molar-refractivity contribution in [1.82, 2.24) is 9.78 Å². The van der Waals surface area contributed by atoms with E-state index in [4.69, 9.17) is 4.74 Å². The number of phenols is 1. The molecule has 0 saturated heterocycles. The zero-order valence-electron chi connectivity index (χ0n) is 11.4. The van der Waals surface area contributed by atoms with Crippen LogP contribution in [0.2, 0.25) is 0 Å². The molecule has 0 atom stereocenters. The van der Waals surface area contributed by atoms with Crippen LogP contribution in [-0.2, 0) is 0 Å². The van der Waals surface area contributed by atoms with Crippen molar-refractivity contribution < 1.29 is 19.7 Å². The van der Waals surface area contributed by atoms with E-state index in [9.17, 15) is 15.0 Å². The lowest BCUT2D eigenvalue weighted by Crippen LogP contribution is -2.09. The van der Waals surface area contributed by atoms with Gasteiger partial charge in [0.1, 0.15) is 11.5 Å². The molecule has 3 aromatic rings.